The van der Waals surface area contributed by atoms with Crippen LogP contribution in [0.2, 0.25) is 0 Å². The van der Waals surface area contributed by atoms with Crippen molar-refractivity contribution in [3.05, 3.63) is 70.1 Å². The average molecular weight is 351 g/mol. The summed E-state index contributed by atoms with van der Waals surface area (Å²) < 4.78 is 6.12. The summed E-state index contributed by atoms with van der Waals surface area (Å²) in [6.07, 6.45) is 1.18. The molecule has 1 N–H and O–H groups in total. The van der Waals surface area contributed by atoms with Crippen molar-refractivity contribution in [2.45, 2.75) is 13.5 Å². The Kier molecular flexibility index (Phi) is 4.79. The van der Waals surface area contributed by atoms with Crippen LogP contribution in [-0.2, 0) is 16.1 Å². The lowest BCUT2D eigenvalue weighted by Crippen LogP contribution is -2.28. The van der Waals surface area contributed by atoms with Gasteiger partial charge < -0.3 is 10.1 Å². The van der Waals surface area contributed by atoms with Crippen LogP contribution in [0.3, 0.4) is 0 Å². The normalized spacial score (nSPS) is 10.5. The van der Waals surface area contributed by atoms with Gasteiger partial charge in [-0.2, -0.15) is 0 Å². The number of rotatable bonds is 4. The number of hydrogen-bond acceptors (Lipinski definition) is 5. The number of fused-ring (bicyclic) bond motifs is 1. The largest absolute Gasteiger partial charge is 0.465 e. The Balaban J connectivity index is 1.92. The molecule has 7 heteroatoms. The second-order valence-electron chi connectivity index (χ2n) is 5.71. The summed E-state index contributed by atoms with van der Waals surface area (Å²) in [6, 6.07) is 12.2. The van der Waals surface area contributed by atoms with Gasteiger partial charge in [0.25, 0.3) is 5.56 Å². The lowest BCUT2D eigenvalue weighted by molar-refractivity contribution is -0.116. The molecule has 2 aromatic carbocycles. The Hall–Kier alpha value is -3.48. The Morgan fingerprint density at radius 1 is 1.15 bits per heavy atom. The van der Waals surface area contributed by atoms with Gasteiger partial charge in [-0.3, -0.25) is 14.2 Å². The number of nitrogens with one attached hydrogen (secondary N) is 1. The average Bonchev–Trinajstić information content (AvgIpc) is 2.63. The standard InChI is InChI=1S/C19H17N3O4/c1-12-6-5-8-14(18(12)19(25)26-2)21-16(23)11-22-15-9-4-3-7-13(15)20-10-17(22)24/h3-10H,11H2,1-2H3,(H,21,23). The number of hydrogen-bond donors (Lipinski definition) is 1. The Bertz CT molecular complexity index is 1060. The van der Waals surface area contributed by atoms with Gasteiger partial charge in [0.05, 0.1) is 35.6 Å². The first-order valence-corrected chi connectivity index (χ1v) is 7.93. The quantitative estimate of drug-likeness (QED) is 0.727. The topological polar surface area (TPSA) is 90.3 Å². The van der Waals surface area contributed by atoms with Crippen LogP contribution in [0.25, 0.3) is 11.0 Å². The Morgan fingerprint density at radius 3 is 2.69 bits per heavy atom. The third kappa shape index (κ3) is 3.32. The molecule has 0 spiro atoms. The van der Waals surface area contributed by atoms with Crippen molar-refractivity contribution < 1.29 is 14.3 Å². The molecule has 7 nitrogen and oxygen atoms in total. The van der Waals surface area contributed by atoms with E-state index in [0.29, 0.717) is 22.3 Å². The summed E-state index contributed by atoms with van der Waals surface area (Å²) in [7, 11) is 1.28. The highest BCUT2D eigenvalue weighted by Crippen LogP contribution is 2.20. The van der Waals surface area contributed by atoms with E-state index in [-0.39, 0.29) is 17.7 Å². The summed E-state index contributed by atoms with van der Waals surface area (Å²) in [5, 5.41) is 2.69. The lowest BCUT2D eigenvalue weighted by atomic mass is 10.1. The van der Waals surface area contributed by atoms with Crippen LogP contribution >= 0.6 is 0 Å². The molecule has 1 heterocycles. The van der Waals surface area contributed by atoms with Crippen LogP contribution < -0.4 is 10.9 Å². The first-order valence-electron chi connectivity index (χ1n) is 7.93. The molecule has 3 aromatic rings. The van der Waals surface area contributed by atoms with Gasteiger partial charge in [0.15, 0.2) is 0 Å². The van der Waals surface area contributed by atoms with E-state index >= 15 is 0 Å². The number of carbonyl (C=O) groups is 2. The number of nitrogens with zero attached hydrogens (tertiary/aromatic N) is 2. The predicted molar refractivity (Wildman–Crippen MR) is 97.2 cm³/mol. The molecule has 0 unspecified atom stereocenters. The molecule has 1 aromatic heterocycles. The second kappa shape index (κ2) is 7.18. The molecule has 1 amide bonds. The van der Waals surface area contributed by atoms with Crippen LogP contribution in [0.1, 0.15) is 15.9 Å². The van der Waals surface area contributed by atoms with Crippen LogP contribution in [-0.4, -0.2) is 28.5 Å². The lowest BCUT2D eigenvalue weighted by Gasteiger charge is -2.13. The molecule has 0 atom stereocenters. The van der Waals surface area contributed by atoms with Crippen molar-refractivity contribution >= 4 is 28.6 Å². The van der Waals surface area contributed by atoms with Crippen LogP contribution in [0.5, 0.6) is 0 Å². The number of methoxy groups -OCH3 is 1. The number of amides is 1. The van der Waals surface area contributed by atoms with E-state index in [2.05, 4.69) is 10.3 Å². The minimum Gasteiger partial charge on any atom is -0.465 e. The minimum absolute atomic E-state index is 0.198. The van der Waals surface area contributed by atoms with Crippen molar-refractivity contribution in [3.8, 4) is 0 Å². The summed E-state index contributed by atoms with van der Waals surface area (Å²) in [6.45, 7) is 1.55. The fraction of sp³-hybridized carbons (Fsp3) is 0.158. The fourth-order valence-corrected chi connectivity index (χ4v) is 2.76. The first-order chi connectivity index (χ1) is 12.5. The predicted octanol–water partition coefficient (Wildman–Crippen LogP) is 2.13. The number of aryl methyl sites for hydroxylation is 1. The van der Waals surface area contributed by atoms with Crippen LogP contribution in [0, 0.1) is 6.92 Å². The Morgan fingerprint density at radius 2 is 1.92 bits per heavy atom. The van der Waals surface area contributed by atoms with E-state index in [4.69, 9.17) is 4.74 Å². The van der Waals surface area contributed by atoms with Crippen molar-refractivity contribution in [2.75, 3.05) is 12.4 Å². The maximum Gasteiger partial charge on any atom is 0.340 e. The zero-order chi connectivity index (χ0) is 18.7. The number of aromatic nitrogens is 2. The van der Waals surface area contributed by atoms with Gasteiger partial charge in [-0.15, -0.1) is 0 Å². The molecule has 0 saturated carbocycles. The number of carbonyl (C=O) groups excluding carboxylic acids is 2. The molecule has 0 radical (unpaired) electrons. The van der Waals surface area contributed by atoms with E-state index in [0.717, 1.165) is 0 Å². The van der Waals surface area contributed by atoms with E-state index in [1.165, 1.54) is 17.9 Å². The number of anilines is 1. The Labute approximate surface area is 149 Å². The number of esters is 1. The van der Waals surface area contributed by atoms with Crippen molar-refractivity contribution in [1.29, 1.82) is 0 Å². The van der Waals surface area contributed by atoms with E-state index < -0.39 is 11.9 Å². The summed E-state index contributed by atoms with van der Waals surface area (Å²) >= 11 is 0. The zero-order valence-corrected chi connectivity index (χ0v) is 14.4. The molecule has 132 valence electrons. The second-order valence-corrected chi connectivity index (χ2v) is 5.71. The van der Waals surface area contributed by atoms with E-state index in [9.17, 15) is 14.4 Å². The molecule has 26 heavy (non-hydrogen) atoms. The van der Waals surface area contributed by atoms with Gasteiger partial charge in [0.2, 0.25) is 5.91 Å². The van der Waals surface area contributed by atoms with Gasteiger partial charge in [0, 0.05) is 0 Å². The number of para-hydroxylation sites is 2. The first kappa shape index (κ1) is 17.3. The summed E-state index contributed by atoms with van der Waals surface area (Å²) in [4.78, 5) is 40.7. The smallest absolute Gasteiger partial charge is 0.340 e. The summed E-state index contributed by atoms with van der Waals surface area (Å²) in [5.74, 6) is -0.968. The monoisotopic (exact) mass is 351 g/mol. The van der Waals surface area contributed by atoms with Gasteiger partial charge in [0.1, 0.15) is 6.54 Å². The number of ether oxygens (including phenoxy) is 1. The molecule has 0 saturated heterocycles. The third-order valence-corrected chi connectivity index (χ3v) is 3.99. The van der Waals surface area contributed by atoms with Gasteiger partial charge >= 0.3 is 5.97 Å². The van der Waals surface area contributed by atoms with Gasteiger partial charge in [-0.05, 0) is 30.7 Å². The highest BCUT2D eigenvalue weighted by molar-refractivity contribution is 6.02. The fourth-order valence-electron chi connectivity index (χ4n) is 2.76. The van der Waals surface area contributed by atoms with E-state index in [1.54, 1.807) is 49.4 Å². The highest BCUT2D eigenvalue weighted by atomic mass is 16.5. The van der Waals surface area contributed by atoms with E-state index in [1.807, 2.05) is 0 Å². The van der Waals surface area contributed by atoms with Crippen LogP contribution in [0.15, 0.2) is 53.5 Å². The maximum atomic E-state index is 12.5. The molecule has 0 aliphatic carbocycles. The maximum absolute atomic E-state index is 12.5. The molecule has 0 fully saturated rings. The summed E-state index contributed by atoms with van der Waals surface area (Å²) in [5.41, 5.74) is 2.11. The molecular formula is C19H17N3O4. The van der Waals surface area contributed by atoms with Crippen molar-refractivity contribution in [3.63, 3.8) is 0 Å². The van der Waals surface area contributed by atoms with Gasteiger partial charge in [-0.25, -0.2) is 9.78 Å². The van der Waals surface area contributed by atoms with Crippen molar-refractivity contribution in [1.82, 2.24) is 9.55 Å². The molecule has 0 bridgehead atoms. The van der Waals surface area contributed by atoms with Gasteiger partial charge in [-0.1, -0.05) is 24.3 Å². The van der Waals surface area contributed by atoms with Crippen molar-refractivity contribution in [2.24, 2.45) is 0 Å². The SMILES string of the molecule is COC(=O)c1c(C)cccc1NC(=O)Cn1c(=O)cnc2ccccc21. The molecule has 3 rings (SSSR count). The molecular weight excluding hydrogens is 334 g/mol. The highest BCUT2D eigenvalue weighted by Gasteiger charge is 2.17. The number of benzene rings is 2. The molecule has 0 aliphatic rings. The zero-order valence-electron chi connectivity index (χ0n) is 14.4. The third-order valence-electron chi connectivity index (χ3n) is 3.99. The minimum atomic E-state index is -0.537. The van der Waals surface area contributed by atoms with Crippen LogP contribution in [0.4, 0.5) is 5.69 Å². The molecule has 0 aliphatic heterocycles.